The van der Waals surface area contributed by atoms with Crippen LogP contribution in [0.2, 0.25) is 0 Å². The van der Waals surface area contributed by atoms with Crippen molar-refractivity contribution in [2.45, 2.75) is 23.1 Å². The van der Waals surface area contributed by atoms with Crippen molar-refractivity contribution >= 4 is 37.5 Å². The molecule has 0 aliphatic carbocycles. The molecule has 1 amide bonds. The molecule has 8 N–H and O–H groups in total. The van der Waals surface area contributed by atoms with Gasteiger partial charge in [0.15, 0.2) is 12.5 Å². The second-order valence-electron chi connectivity index (χ2n) is 7.43. The van der Waals surface area contributed by atoms with E-state index in [4.69, 9.17) is 16.6 Å². The molecule has 1 aliphatic heterocycles. The van der Waals surface area contributed by atoms with Gasteiger partial charge in [0, 0.05) is 25.2 Å². The van der Waals surface area contributed by atoms with Crippen LogP contribution in [0.1, 0.15) is 29.3 Å². The van der Waals surface area contributed by atoms with Gasteiger partial charge in [-0.05, 0) is 24.1 Å². The van der Waals surface area contributed by atoms with Gasteiger partial charge in [0.2, 0.25) is 20.0 Å². The number of primary sulfonamides is 1. The Morgan fingerprint density at radius 1 is 1.09 bits per heavy atom. The molecular formula is C20H26N8O5S2. The minimum atomic E-state index is -4.63. The van der Waals surface area contributed by atoms with E-state index in [0.717, 1.165) is 6.07 Å². The van der Waals surface area contributed by atoms with Crippen molar-refractivity contribution in [3.05, 3.63) is 41.5 Å². The van der Waals surface area contributed by atoms with Crippen molar-refractivity contribution in [1.82, 2.24) is 10.0 Å². The monoisotopic (exact) mass is 522 g/mol. The van der Waals surface area contributed by atoms with Gasteiger partial charge in [-0.3, -0.25) is 4.79 Å². The standard InChI is InChI=1S/C20H26N8O5S2/c1-2-9-27-35(32,33)15-7-6-12(16(18(15)34(23,30)31)19-25-11-26-28-19)13-4-3-5-14(17(13)22)20(29)24-10-8-21/h3-7,27H,2,8-11,21-22H2,1H3,(H,24,29)(H2,23,30,31). The molecule has 3 rings (SSSR count). The molecule has 0 saturated heterocycles. The van der Waals surface area contributed by atoms with E-state index >= 15 is 0 Å². The number of nitrogens with two attached hydrogens (primary N) is 3. The molecule has 0 radical (unpaired) electrons. The van der Waals surface area contributed by atoms with Crippen molar-refractivity contribution in [3.8, 4) is 11.1 Å². The number of carbonyl (C=O) groups is 1. The van der Waals surface area contributed by atoms with E-state index in [2.05, 4.69) is 25.3 Å². The maximum atomic E-state index is 13.0. The van der Waals surface area contributed by atoms with Crippen LogP contribution in [-0.2, 0) is 20.0 Å². The fourth-order valence-electron chi connectivity index (χ4n) is 3.46. The van der Waals surface area contributed by atoms with E-state index in [1.165, 1.54) is 12.1 Å². The molecular weight excluding hydrogens is 496 g/mol. The number of nitrogens with one attached hydrogen (secondary N) is 2. The van der Waals surface area contributed by atoms with Gasteiger partial charge in [-0.2, -0.15) is 5.11 Å². The summed E-state index contributed by atoms with van der Waals surface area (Å²) in [6.45, 7) is 2.19. The number of azo groups is 1. The van der Waals surface area contributed by atoms with Crippen LogP contribution in [0.25, 0.3) is 11.1 Å². The largest absolute Gasteiger partial charge is 0.398 e. The molecule has 0 saturated carbocycles. The highest BCUT2D eigenvalue weighted by molar-refractivity contribution is 7.92. The van der Waals surface area contributed by atoms with Crippen molar-refractivity contribution in [1.29, 1.82) is 0 Å². The van der Waals surface area contributed by atoms with Gasteiger partial charge in [0.25, 0.3) is 5.91 Å². The zero-order chi connectivity index (χ0) is 25.8. The first kappa shape index (κ1) is 26.4. The van der Waals surface area contributed by atoms with Crippen LogP contribution in [-0.4, -0.2) is 54.9 Å². The van der Waals surface area contributed by atoms with Gasteiger partial charge in [0.05, 0.1) is 16.8 Å². The molecule has 0 atom stereocenters. The number of sulfonamides is 2. The lowest BCUT2D eigenvalue weighted by Crippen LogP contribution is -2.30. The Kier molecular flexibility index (Phi) is 7.97. The summed E-state index contributed by atoms with van der Waals surface area (Å²) in [6.07, 6.45) is 0.478. The number of hydrogen-bond donors (Lipinski definition) is 5. The Balaban J connectivity index is 2.36. The van der Waals surface area contributed by atoms with Crippen molar-refractivity contribution in [2.24, 2.45) is 26.1 Å². The van der Waals surface area contributed by atoms with Gasteiger partial charge in [-0.25, -0.2) is 31.7 Å². The number of para-hydroxylation sites is 1. The molecule has 1 heterocycles. The van der Waals surface area contributed by atoms with Crippen LogP contribution in [0.3, 0.4) is 0 Å². The minimum absolute atomic E-state index is 0.0268. The second-order valence-corrected chi connectivity index (χ2v) is 10.7. The smallest absolute Gasteiger partial charge is 0.253 e. The Morgan fingerprint density at radius 2 is 1.83 bits per heavy atom. The first-order valence-electron chi connectivity index (χ1n) is 10.5. The zero-order valence-electron chi connectivity index (χ0n) is 18.9. The van der Waals surface area contributed by atoms with Crippen molar-refractivity contribution in [3.63, 3.8) is 0 Å². The van der Waals surface area contributed by atoms with Crippen LogP contribution >= 0.6 is 0 Å². The summed E-state index contributed by atoms with van der Waals surface area (Å²) in [5.74, 6) is -0.613. The van der Waals surface area contributed by atoms with Crippen LogP contribution < -0.4 is 26.6 Å². The number of nitrogen functional groups attached to an aromatic ring is 1. The Hall–Kier alpha value is -3.24. The predicted molar refractivity (Wildman–Crippen MR) is 131 cm³/mol. The summed E-state index contributed by atoms with van der Waals surface area (Å²) < 4.78 is 53.8. The number of benzene rings is 2. The summed E-state index contributed by atoms with van der Waals surface area (Å²) in [7, 11) is -8.90. The molecule has 15 heteroatoms. The van der Waals surface area contributed by atoms with Gasteiger partial charge < -0.3 is 16.8 Å². The van der Waals surface area contributed by atoms with Gasteiger partial charge in [-0.1, -0.05) is 25.1 Å². The van der Waals surface area contributed by atoms with E-state index in [1.54, 1.807) is 19.1 Å². The van der Waals surface area contributed by atoms with E-state index in [-0.39, 0.29) is 60.1 Å². The third-order valence-corrected chi connectivity index (χ3v) is 7.61. The van der Waals surface area contributed by atoms with Crippen LogP contribution in [0, 0.1) is 0 Å². The summed E-state index contributed by atoms with van der Waals surface area (Å²) >= 11 is 0. The molecule has 188 valence electrons. The molecule has 0 bridgehead atoms. The van der Waals surface area contributed by atoms with Gasteiger partial charge in [-0.15, -0.1) is 5.11 Å². The number of carbonyl (C=O) groups excluding carboxylic acids is 1. The Bertz CT molecular complexity index is 1420. The Morgan fingerprint density at radius 3 is 2.43 bits per heavy atom. The molecule has 1 aliphatic rings. The third-order valence-electron chi connectivity index (χ3n) is 4.98. The lowest BCUT2D eigenvalue weighted by atomic mass is 9.95. The highest BCUT2D eigenvalue weighted by Crippen LogP contribution is 2.38. The summed E-state index contributed by atoms with van der Waals surface area (Å²) in [4.78, 5) is 15.4. The first-order chi connectivity index (χ1) is 16.5. The van der Waals surface area contributed by atoms with Crippen LogP contribution in [0.15, 0.2) is 55.3 Å². The summed E-state index contributed by atoms with van der Waals surface area (Å²) in [5, 5.41) is 15.8. The molecule has 0 spiro atoms. The predicted octanol–water partition coefficient (Wildman–Crippen LogP) is 0.130. The fraction of sp³-hybridized carbons (Fsp3) is 0.300. The number of hydrogen-bond acceptors (Lipinski definition) is 10. The second kappa shape index (κ2) is 10.6. The third kappa shape index (κ3) is 5.54. The number of aliphatic imine (C=N–C) groups is 1. The zero-order valence-corrected chi connectivity index (χ0v) is 20.5. The molecule has 2 aromatic carbocycles. The van der Waals surface area contributed by atoms with E-state index in [0.29, 0.717) is 6.42 Å². The highest BCUT2D eigenvalue weighted by atomic mass is 32.2. The minimum Gasteiger partial charge on any atom is -0.398 e. The van der Waals surface area contributed by atoms with Crippen molar-refractivity contribution in [2.75, 3.05) is 32.0 Å². The average Bonchev–Trinajstić information content (AvgIpc) is 3.34. The number of rotatable bonds is 10. The molecule has 0 fully saturated rings. The molecule has 0 aromatic heterocycles. The lowest BCUT2D eigenvalue weighted by Gasteiger charge is -2.19. The summed E-state index contributed by atoms with van der Waals surface area (Å²) in [5.41, 5.74) is 12.1. The quantitative estimate of drug-likeness (QED) is 0.271. The summed E-state index contributed by atoms with van der Waals surface area (Å²) in [6, 6.07) is 7.08. The maximum Gasteiger partial charge on any atom is 0.253 e. The van der Waals surface area contributed by atoms with Crippen molar-refractivity contribution < 1.29 is 21.6 Å². The average molecular weight is 523 g/mol. The SMILES string of the molecule is CCCNS(=O)(=O)c1ccc(-c2cccc(C(=O)NCCN)c2N)c(C2=NCN=N2)c1S(N)(=O)=O. The van der Waals surface area contributed by atoms with Crippen LogP contribution in [0.5, 0.6) is 0 Å². The number of nitrogens with zero attached hydrogens (tertiary/aromatic N) is 3. The Labute approximate surface area is 203 Å². The first-order valence-corrected chi connectivity index (χ1v) is 13.5. The van der Waals surface area contributed by atoms with Crippen LogP contribution in [0.4, 0.5) is 5.69 Å². The van der Waals surface area contributed by atoms with E-state index in [9.17, 15) is 21.6 Å². The fourth-order valence-corrected chi connectivity index (χ4v) is 6.19. The molecule has 13 nitrogen and oxygen atoms in total. The van der Waals surface area contributed by atoms with E-state index in [1.807, 2.05) is 0 Å². The highest BCUT2D eigenvalue weighted by Gasteiger charge is 2.33. The molecule has 0 unspecified atom stereocenters. The molecule has 2 aromatic rings. The normalized spacial score (nSPS) is 13.6. The number of anilines is 1. The number of amides is 1. The maximum absolute atomic E-state index is 13.0. The van der Waals surface area contributed by atoms with Gasteiger partial charge >= 0.3 is 0 Å². The molecule has 35 heavy (non-hydrogen) atoms. The van der Waals surface area contributed by atoms with E-state index < -0.39 is 35.7 Å². The number of amidine groups is 1. The lowest BCUT2D eigenvalue weighted by molar-refractivity contribution is 0.0955. The van der Waals surface area contributed by atoms with Gasteiger partial charge in [0.1, 0.15) is 9.79 Å². The topological polar surface area (TPSA) is 225 Å².